The van der Waals surface area contributed by atoms with Gasteiger partial charge in [-0.3, -0.25) is 4.79 Å². The summed E-state index contributed by atoms with van der Waals surface area (Å²) in [4.78, 5) is 18.4. The summed E-state index contributed by atoms with van der Waals surface area (Å²) in [6.45, 7) is 7.52. The molecule has 0 unspecified atom stereocenters. The highest BCUT2D eigenvalue weighted by molar-refractivity contribution is 14.0. The number of amides is 1. The Morgan fingerprint density at radius 1 is 1.25 bits per heavy atom. The lowest BCUT2D eigenvalue weighted by atomic mass is 10.00. The van der Waals surface area contributed by atoms with Gasteiger partial charge in [0, 0.05) is 25.7 Å². The quantitative estimate of drug-likeness (QED) is 0.433. The molecule has 2 rings (SSSR count). The summed E-state index contributed by atoms with van der Waals surface area (Å²) < 4.78 is 0. The summed E-state index contributed by atoms with van der Waals surface area (Å²) in [6, 6.07) is 0.418. The van der Waals surface area contributed by atoms with E-state index in [1.165, 1.54) is 12.8 Å². The molecule has 0 spiro atoms. The van der Waals surface area contributed by atoms with Crippen LogP contribution in [0.5, 0.6) is 0 Å². The van der Waals surface area contributed by atoms with Crippen molar-refractivity contribution in [2.24, 2.45) is 10.9 Å². The zero-order valence-electron chi connectivity index (χ0n) is 12.5. The average molecular weight is 394 g/mol. The molecule has 116 valence electrons. The molecule has 0 aromatic rings. The number of hydrogen-bond acceptors (Lipinski definition) is 2. The fraction of sp³-hybridized carbons (Fsp3) is 0.857. The number of guanidine groups is 1. The molecule has 0 radical (unpaired) electrons. The predicted molar refractivity (Wildman–Crippen MR) is 92.5 cm³/mol. The first kappa shape index (κ1) is 17.5. The summed E-state index contributed by atoms with van der Waals surface area (Å²) in [7, 11) is 0. The molecule has 0 aromatic carbocycles. The fourth-order valence-electron chi connectivity index (χ4n) is 2.29. The summed E-state index contributed by atoms with van der Waals surface area (Å²) in [5, 5.41) is 6.26. The first-order valence-electron chi connectivity index (χ1n) is 7.51. The first-order chi connectivity index (χ1) is 9.19. The zero-order chi connectivity index (χ0) is 13.7. The van der Waals surface area contributed by atoms with Crippen LogP contribution in [0, 0.1) is 5.92 Å². The Hall–Kier alpha value is -0.530. The standard InChI is InChI=1S/C14H26N4O.HI/c1-3-15-14(18-8-6-11(2)7-9-18)16-10-13(19)17-12-4-5-12;/h11-12H,3-10H2,1-2H3,(H,15,16)(H,17,19);1H. The van der Waals surface area contributed by atoms with Gasteiger partial charge in [-0.2, -0.15) is 0 Å². The summed E-state index contributed by atoms with van der Waals surface area (Å²) in [5.74, 6) is 1.74. The fourth-order valence-corrected chi connectivity index (χ4v) is 2.29. The minimum atomic E-state index is 0. The molecular weight excluding hydrogens is 367 g/mol. The van der Waals surface area contributed by atoms with Crippen molar-refractivity contribution in [3.05, 3.63) is 0 Å². The third kappa shape index (κ3) is 5.85. The Morgan fingerprint density at radius 3 is 2.45 bits per heavy atom. The highest BCUT2D eigenvalue weighted by Crippen LogP contribution is 2.18. The molecule has 20 heavy (non-hydrogen) atoms. The van der Waals surface area contributed by atoms with Gasteiger partial charge in [-0.05, 0) is 38.5 Å². The molecule has 1 aliphatic heterocycles. The third-order valence-electron chi connectivity index (χ3n) is 3.73. The SMILES string of the molecule is CCNC(=NCC(=O)NC1CC1)N1CCC(C)CC1.I. The molecule has 1 aliphatic carbocycles. The van der Waals surface area contributed by atoms with Gasteiger partial charge in [-0.1, -0.05) is 6.92 Å². The normalized spacial score (nSPS) is 20.3. The minimum absolute atomic E-state index is 0. The van der Waals surface area contributed by atoms with Gasteiger partial charge < -0.3 is 15.5 Å². The maximum absolute atomic E-state index is 11.7. The van der Waals surface area contributed by atoms with E-state index in [9.17, 15) is 4.79 Å². The van der Waals surface area contributed by atoms with Crippen molar-refractivity contribution < 1.29 is 4.79 Å². The number of rotatable bonds is 4. The molecule has 1 heterocycles. The van der Waals surface area contributed by atoms with E-state index < -0.39 is 0 Å². The van der Waals surface area contributed by atoms with Crippen LogP contribution < -0.4 is 10.6 Å². The van der Waals surface area contributed by atoms with E-state index in [0.29, 0.717) is 6.04 Å². The van der Waals surface area contributed by atoms with Crippen LogP contribution in [0.4, 0.5) is 0 Å². The van der Waals surface area contributed by atoms with Crippen molar-refractivity contribution >= 4 is 35.8 Å². The molecule has 0 aromatic heterocycles. The van der Waals surface area contributed by atoms with Crippen molar-refractivity contribution in [3.8, 4) is 0 Å². The van der Waals surface area contributed by atoms with Crippen LogP contribution in [0.15, 0.2) is 4.99 Å². The molecule has 1 saturated heterocycles. The number of likely N-dealkylation sites (tertiary alicyclic amines) is 1. The lowest BCUT2D eigenvalue weighted by molar-refractivity contribution is -0.119. The van der Waals surface area contributed by atoms with Gasteiger partial charge in [0.15, 0.2) is 5.96 Å². The van der Waals surface area contributed by atoms with Crippen LogP contribution in [-0.2, 0) is 4.79 Å². The maximum Gasteiger partial charge on any atom is 0.242 e. The van der Waals surface area contributed by atoms with Gasteiger partial charge >= 0.3 is 0 Å². The van der Waals surface area contributed by atoms with Crippen LogP contribution >= 0.6 is 24.0 Å². The summed E-state index contributed by atoms with van der Waals surface area (Å²) in [5.41, 5.74) is 0. The number of hydrogen-bond donors (Lipinski definition) is 2. The second-order valence-electron chi connectivity index (χ2n) is 5.68. The third-order valence-corrected chi connectivity index (χ3v) is 3.73. The Bertz CT molecular complexity index is 336. The van der Waals surface area contributed by atoms with E-state index in [1.54, 1.807) is 0 Å². The van der Waals surface area contributed by atoms with Crippen molar-refractivity contribution in [1.82, 2.24) is 15.5 Å². The molecule has 5 nitrogen and oxygen atoms in total. The summed E-state index contributed by atoms with van der Waals surface area (Å²) >= 11 is 0. The number of piperidine rings is 1. The maximum atomic E-state index is 11.7. The summed E-state index contributed by atoms with van der Waals surface area (Å²) in [6.07, 6.45) is 4.66. The second kappa shape index (κ2) is 8.69. The number of nitrogens with zero attached hydrogens (tertiary/aromatic N) is 2. The van der Waals surface area contributed by atoms with E-state index in [4.69, 9.17) is 0 Å². The number of carbonyl (C=O) groups is 1. The highest BCUT2D eigenvalue weighted by Gasteiger charge is 2.23. The molecular formula is C14H27IN4O. The number of carbonyl (C=O) groups excluding carboxylic acids is 1. The smallest absolute Gasteiger partial charge is 0.242 e. The van der Waals surface area contributed by atoms with Crippen molar-refractivity contribution in [2.75, 3.05) is 26.2 Å². The molecule has 1 saturated carbocycles. The van der Waals surface area contributed by atoms with Gasteiger partial charge in [0.1, 0.15) is 6.54 Å². The van der Waals surface area contributed by atoms with E-state index in [0.717, 1.165) is 44.4 Å². The topological polar surface area (TPSA) is 56.7 Å². The van der Waals surface area contributed by atoms with Gasteiger partial charge in [-0.25, -0.2) is 4.99 Å². The van der Waals surface area contributed by atoms with Crippen molar-refractivity contribution in [2.45, 2.75) is 45.6 Å². The number of halogens is 1. The lowest BCUT2D eigenvalue weighted by Gasteiger charge is -2.32. The van der Waals surface area contributed by atoms with Gasteiger partial charge in [-0.15, -0.1) is 24.0 Å². The lowest BCUT2D eigenvalue weighted by Crippen LogP contribution is -2.45. The monoisotopic (exact) mass is 394 g/mol. The largest absolute Gasteiger partial charge is 0.357 e. The number of nitrogens with one attached hydrogen (secondary N) is 2. The van der Waals surface area contributed by atoms with E-state index in [2.05, 4.69) is 34.4 Å². The Labute approximate surface area is 139 Å². The van der Waals surface area contributed by atoms with E-state index in [1.807, 2.05) is 0 Å². The van der Waals surface area contributed by atoms with Crippen LogP contribution in [-0.4, -0.2) is 49.0 Å². The molecule has 2 fully saturated rings. The predicted octanol–water partition coefficient (Wildman–Crippen LogP) is 1.58. The van der Waals surface area contributed by atoms with Crippen molar-refractivity contribution in [1.29, 1.82) is 0 Å². The highest BCUT2D eigenvalue weighted by atomic mass is 127. The van der Waals surface area contributed by atoms with E-state index >= 15 is 0 Å². The van der Waals surface area contributed by atoms with Gasteiger partial charge in [0.25, 0.3) is 0 Å². The number of aliphatic imine (C=N–C) groups is 1. The van der Waals surface area contributed by atoms with Gasteiger partial charge in [0.05, 0.1) is 0 Å². The zero-order valence-corrected chi connectivity index (χ0v) is 14.9. The van der Waals surface area contributed by atoms with Crippen LogP contribution in [0.1, 0.15) is 39.5 Å². The Balaban J connectivity index is 0.00000200. The molecule has 2 aliphatic rings. The average Bonchev–Trinajstić information content (AvgIpc) is 3.19. The first-order valence-corrected chi connectivity index (χ1v) is 7.51. The minimum Gasteiger partial charge on any atom is -0.357 e. The molecule has 0 bridgehead atoms. The molecule has 6 heteroatoms. The van der Waals surface area contributed by atoms with Crippen molar-refractivity contribution in [3.63, 3.8) is 0 Å². The van der Waals surface area contributed by atoms with Crippen LogP contribution in [0.25, 0.3) is 0 Å². The molecule has 2 N–H and O–H groups in total. The van der Waals surface area contributed by atoms with Crippen LogP contribution in [0.2, 0.25) is 0 Å². The van der Waals surface area contributed by atoms with E-state index in [-0.39, 0.29) is 36.4 Å². The second-order valence-corrected chi connectivity index (χ2v) is 5.68. The van der Waals surface area contributed by atoms with Gasteiger partial charge in [0.2, 0.25) is 5.91 Å². The Kier molecular flexibility index (Phi) is 7.61. The molecule has 0 atom stereocenters. The Morgan fingerprint density at radius 2 is 1.90 bits per heavy atom. The van der Waals surface area contributed by atoms with Crippen LogP contribution in [0.3, 0.4) is 0 Å². The molecule has 1 amide bonds.